The van der Waals surface area contributed by atoms with Crippen molar-refractivity contribution in [3.05, 3.63) is 59.6 Å². The van der Waals surface area contributed by atoms with Crippen LogP contribution < -0.4 is 5.32 Å². The van der Waals surface area contributed by atoms with Crippen LogP contribution in [0.25, 0.3) is 6.08 Å². The molecule has 1 aromatic heterocycles. The SMILES string of the molecule is Cc1ccc(/C=C/C(=O)Nc2cc(F)ccc2F)o1. The van der Waals surface area contributed by atoms with E-state index in [1.54, 1.807) is 19.1 Å². The van der Waals surface area contributed by atoms with E-state index in [-0.39, 0.29) is 5.69 Å². The van der Waals surface area contributed by atoms with Gasteiger partial charge >= 0.3 is 0 Å². The minimum Gasteiger partial charge on any atom is -0.462 e. The van der Waals surface area contributed by atoms with Gasteiger partial charge in [-0.1, -0.05) is 0 Å². The minimum absolute atomic E-state index is 0.203. The van der Waals surface area contributed by atoms with Crippen molar-refractivity contribution >= 4 is 17.7 Å². The Bertz CT molecular complexity index is 632. The summed E-state index contributed by atoms with van der Waals surface area (Å²) in [6, 6.07) is 6.29. The second-order valence-corrected chi connectivity index (χ2v) is 3.90. The second kappa shape index (κ2) is 5.48. The Hall–Kier alpha value is -2.43. The van der Waals surface area contributed by atoms with Gasteiger partial charge in [-0.25, -0.2) is 8.78 Å². The van der Waals surface area contributed by atoms with Crippen LogP contribution in [0.1, 0.15) is 11.5 Å². The summed E-state index contributed by atoms with van der Waals surface area (Å²) < 4.78 is 31.4. The van der Waals surface area contributed by atoms with Crippen molar-refractivity contribution in [2.75, 3.05) is 5.32 Å². The lowest BCUT2D eigenvalue weighted by molar-refractivity contribution is -0.111. The number of anilines is 1. The van der Waals surface area contributed by atoms with E-state index >= 15 is 0 Å². The lowest BCUT2D eigenvalue weighted by Gasteiger charge is -2.03. The number of aryl methyl sites for hydroxylation is 1. The van der Waals surface area contributed by atoms with E-state index in [1.165, 1.54) is 12.2 Å². The Morgan fingerprint density at radius 3 is 2.74 bits per heavy atom. The molecule has 1 amide bonds. The summed E-state index contributed by atoms with van der Waals surface area (Å²) in [7, 11) is 0. The average molecular weight is 263 g/mol. The van der Waals surface area contributed by atoms with Crippen LogP contribution in [0.5, 0.6) is 0 Å². The molecule has 0 radical (unpaired) electrons. The van der Waals surface area contributed by atoms with E-state index in [4.69, 9.17) is 4.42 Å². The molecule has 1 N–H and O–H groups in total. The van der Waals surface area contributed by atoms with E-state index in [9.17, 15) is 13.6 Å². The first-order chi connectivity index (χ1) is 9.04. The van der Waals surface area contributed by atoms with Crippen molar-refractivity contribution in [3.63, 3.8) is 0 Å². The highest BCUT2D eigenvalue weighted by Crippen LogP contribution is 2.15. The van der Waals surface area contributed by atoms with Gasteiger partial charge in [-0.15, -0.1) is 0 Å². The van der Waals surface area contributed by atoms with Crippen LogP contribution in [-0.4, -0.2) is 5.91 Å². The van der Waals surface area contributed by atoms with Gasteiger partial charge < -0.3 is 9.73 Å². The molecule has 1 aromatic carbocycles. The topological polar surface area (TPSA) is 42.2 Å². The largest absolute Gasteiger partial charge is 0.462 e. The van der Waals surface area contributed by atoms with Gasteiger partial charge in [0.2, 0.25) is 5.91 Å². The molecule has 0 saturated carbocycles. The number of hydrogen-bond acceptors (Lipinski definition) is 2. The van der Waals surface area contributed by atoms with Crippen LogP contribution in [0.4, 0.5) is 14.5 Å². The summed E-state index contributed by atoms with van der Waals surface area (Å²) in [5, 5.41) is 2.25. The van der Waals surface area contributed by atoms with Crippen LogP contribution >= 0.6 is 0 Å². The van der Waals surface area contributed by atoms with Gasteiger partial charge in [0.1, 0.15) is 23.2 Å². The van der Waals surface area contributed by atoms with Crippen molar-refractivity contribution < 1.29 is 18.0 Å². The van der Waals surface area contributed by atoms with Crippen molar-refractivity contribution in [1.29, 1.82) is 0 Å². The summed E-state index contributed by atoms with van der Waals surface area (Å²) in [5.41, 5.74) is -0.203. The van der Waals surface area contributed by atoms with Gasteiger partial charge in [0, 0.05) is 12.1 Å². The summed E-state index contributed by atoms with van der Waals surface area (Å²) >= 11 is 0. The molecule has 1 heterocycles. The van der Waals surface area contributed by atoms with Gasteiger partial charge in [0.05, 0.1) is 5.69 Å². The number of amides is 1. The first kappa shape index (κ1) is 13.0. The predicted octanol–water partition coefficient (Wildman–Crippen LogP) is 3.52. The van der Waals surface area contributed by atoms with Crippen LogP contribution in [0, 0.1) is 18.6 Å². The van der Waals surface area contributed by atoms with Crippen LogP contribution in [0.3, 0.4) is 0 Å². The molecular weight excluding hydrogens is 252 g/mol. The van der Waals surface area contributed by atoms with Crippen LogP contribution in [0.15, 0.2) is 40.8 Å². The van der Waals surface area contributed by atoms with Crippen molar-refractivity contribution in [1.82, 2.24) is 0 Å². The minimum atomic E-state index is -0.697. The van der Waals surface area contributed by atoms with E-state index in [0.717, 1.165) is 24.0 Å². The van der Waals surface area contributed by atoms with E-state index in [1.807, 2.05) is 0 Å². The number of carbonyl (C=O) groups is 1. The van der Waals surface area contributed by atoms with Gasteiger partial charge in [-0.05, 0) is 37.3 Å². The number of halogens is 2. The summed E-state index contributed by atoms with van der Waals surface area (Å²) in [6.45, 7) is 1.78. The maximum absolute atomic E-state index is 13.3. The summed E-state index contributed by atoms with van der Waals surface area (Å²) in [5.74, 6) is -0.665. The van der Waals surface area contributed by atoms with Crippen LogP contribution in [0.2, 0.25) is 0 Å². The fourth-order valence-corrected chi connectivity index (χ4v) is 1.47. The third kappa shape index (κ3) is 3.51. The highest BCUT2D eigenvalue weighted by Gasteiger charge is 2.06. The fraction of sp³-hybridized carbons (Fsp3) is 0.0714. The Morgan fingerprint density at radius 1 is 1.26 bits per heavy atom. The molecule has 0 bridgehead atoms. The molecule has 0 saturated heterocycles. The van der Waals surface area contributed by atoms with Gasteiger partial charge in [0.25, 0.3) is 0 Å². The molecule has 0 aliphatic heterocycles. The number of rotatable bonds is 3. The molecule has 2 aromatic rings. The Kier molecular flexibility index (Phi) is 3.75. The molecule has 0 fully saturated rings. The molecule has 19 heavy (non-hydrogen) atoms. The highest BCUT2D eigenvalue weighted by atomic mass is 19.1. The summed E-state index contributed by atoms with van der Waals surface area (Å²) in [4.78, 5) is 11.5. The third-order valence-electron chi connectivity index (χ3n) is 2.35. The fourth-order valence-electron chi connectivity index (χ4n) is 1.47. The molecule has 0 spiro atoms. The second-order valence-electron chi connectivity index (χ2n) is 3.90. The third-order valence-corrected chi connectivity index (χ3v) is 2.35. The molecule has 0 aliphatic rings. The first-order valence-corrected chi connectivity index (χ1v) is 5.55. The number of nitrogens with one attached hydrogen (secondary N) is 1. The summed E-state index contributed by atoms with van der Waals surface area (Å²) in [6.07, 6.45) is 2.63. The molecule has 2 rings (SSSR count). The van der Waals surface area contributed by atoms with Crippen molar-refractivity contribution in [2.24, 2.45) is 0 Å². The van der Waals surface area contributed by atoms with E-state index < -0.39 is 17.5 Å². The molecule has 0 aliphatic carbocycles. The Labute approximate surface area is 108 Å². The first-order valence-electron chi connectivity index (χ1n) is 5.55. The zero-order chi connectivity index (χ0) is 13.8. The van der Waals surface area contributed by atoms with E-state index in [0.29, 0.717) is 5.76 Å². The monoisotopic (exact) mass is 263 g/mol. The molecule has 5 heteroatoms. The Morgan fingerprint density at radius 2 is 2.05 bits per heavy atom. The Balaban J connectivity index is 2.05. The van der Waals surface area contributed by atoms with E-state index in [2.05, 4.69) is 5.32 Å². The van der Waals surface area contributed by atoms with Gasteiger partial charge in [0.15, 0.2) is 0 Å². The smallest absolute Gasteiger partial charge is 0.248 e. The number of carbonyl (C=O) groups excluding carboxylic acids is 1. The normalized spacial score (nSPS) is 10.9. The molecule has 0 unspecified atom stereocenters. The molecular formula is C14H11F2NO2. The quantitative estimate of drug-likeness (QED) is 0.861. The maximum Gasteiger partial charge on any atom is 0.248 e. The zero-order valence-corrected chi connectivity index (χ0v) is 10.1. The molecule has 3 nitrogen and oxygen atoms in total. The average Bonchev–Trinajstić information content (AvgIpc) is 2.77. The number of furan rings is 1. The number of hydrogen-bond donors (Lipinski definition) is 1. The van der Waals surface area contributed by atoms with Crippen LogP contribution in [-0.2, 0) is 4.79 Å². The molecule has 0 atom stereocenters. The van der Waals surface area contributed by atoms with Crippen molar-refractivity contribution in [2.45, 2.75) is 6.92 Å². The highest BCUT2D eigenvalue weighted by molar-refractivity contribution is 6.01. The van der Waals surface area contributed by atoms with Crippen molar-refractivity contribution in [3.8, 4) is 0 Å². The van der Waals surface area contributed by atoms with Gasteiger partial charge in [-0.3, -0.25) is 4.79 Å². The predicted molar refractivity (Wildman–Crippen MR) is 67.5 cm³/mol. The lowest BCUT2D eigenvalue weighted by atomic mass is 10.3. The lowest BCUT2D eigenvalue weighted by Crippen LogP contribution is -2.09. The maximum atomic E-state index is 13.3. The standard InChI is InChI=1S/C14H11F2NO2/c1-9-2-4-11(19-9)5-7-14(18)17-13-8-10(15)3-6-12(13)16/h2-8H,1H3,(H,17,18)/b7-5+. The number of benzene rings is 1. The molecule has 98 valence electrons. The van der Waals surface area contributed by atoms with Gasteiger partial charge in [-0.2, -0.15) is 0 Å². The zero-order valence-electron chi connectivity index (χ0n) is 10.1.